The van der Waals surface area contributed by atoms with E-state index in [-0.39, 0.29) is 0 Å². The molecule has 0 aliphatic rings. The highest BCUT2D eigenvalue weighted by Crippen LogP contribution is 2.23. The molecule has 0 unspecified atom stereocenters. The molecule has 2 N–H and O–H groups in total. The van der Waals surface area contributed by atoms with Gasteiger partial charge in [0.2, 0.25) is 0 Å². The maximum Gasteiger partial charge on any atom is 0.120 e. The van der Waals surface area contributed by atoms with Crippen molar-refractivity contribution in [2.45, 2.75) is 39.8 Å². The number of nitrogens with zero attached hydrogens (tertiary/aromatic N) is 1. The Labute approximate surface area is 135 Å². The quantitative estimate of drug-likeness (QED) is 0.756. The van der Waals surface area contributed by atoms with Crippen LogP contribution in [0.5, 0.6) is 5.75 Å². The highest BCUT2D eigenvalue weighted by molar-refractivity contribution is 9.10. The van der Waals surface area contributed by atoms with E-state index in [0.717, 1.165) is 22.3 Å². The first-order chi connectivity index (χ1) is 9.32. The predicted molar refractivity (Wildman–Crippen MR) is 92.5 cm³/mol. The second-order valence-electron chi connectivity index (χ2n) is 5.28. The lowest BCUT2D eigenvalue weighted by atomic mass is 10.2. The molecule has 0 spiro atoms. The molecule has 1 aromatic carbocycles. The first kappa shape index (κ1) is 17.4. The van der Waals surface area contributed by atoms with Crippen molar-refractivity contribution in [3.63, 3.8) is 0 Å². The summed E-state index contributed by atoms with van der Waals surface area (Å²) >= 11 is 8.43. The average Bonchev–Trinajstić information content (AvgIpc) is 2.33. The summed E-state index contributed by atoms with van der Waals surface area (Å²) in [5.74, 6) is 0.823. The SMILES string of the molecule is CC(C)N(CCOc1ccc(C(N)=S)c(Br)c1)C(C)C. The van der Waals surface area contributed by atoms with Crippen LogP contribution in [0.4, 0.5) is 0 Å². The number of rotatable bonds is 7. The van der Waals surface area contributed by atoms with Crippen LogP contribution in [0.2, 0.25) is 0 Å². The van der Waals surface area contributed by atoms with Crippen LogP contribution < -0.4 is 10.5 Å². The van der Waals surface area contributed by atoms with E-state index in [2.05, 4.69) is 48.5 Å². The Morgan fingerprint density at radius 2 is 1.90 bits per heavy atom. The molecule has 0 radical (unpaired) electrons. The van der Waals surface area contributed by atoms with Crippen molar-refractivity contribution in [3.8, 4) is 5.75 Å². The Bertz CT molecular complexity index is 455. The van der Waals surface area contributed by atoms with Crippen LogP contribution in [0.3, 0.4) is 0 Å². The number of nitrogens with two attached hydrogens (primary N) is 1. The summed E-state index contributed by atoms with van der Waals surface area (Å²) in [6, 6.07) is 6.71. The van der Waals surface area contributed by atoms with Gasteiger partial charge in [-0.1, -0.05) is 12.2 Å². The summed E-state index contributed by atoms with van der Waals surface area (Å²) in [5.41, 5.74) is 6.46. The Kier molecular flexibility index (Phi) is 6.92. The van der Waals surface area contributed by atoms with Gasteiger partial charge in [-0.05, 0) is 61.8 Å². The lowest BCUT2D eigenvalue weighted by molar-refractivity contribution is 0.142. The number of benzene rings is 1. The van der Waals surface area contributed by atoms with Gasteiger partial charge >= 0.3 is 0 Å². The summed E-state index contributed by atoms with van der Waals surface area (Å²) in [7, 11) is 0. The maximum absolute atomic E-state index is 5.80. The Balaban J connectivity index is 2.58. The summed E-state index contributed by atoms with van der Waals surface area (Å²) in [5, 5.41) is 0. The largest absolute Gasteiger partial charge is 0.492 e. The van der Waals surface area contributed by atoms with Crippen molar-refractivity contribution in [1.82, 2.24) is 4.90 Å². The van der Waals surface area contributed by atoms with Gasteiger partial charge in [0, 0.05) is 28.7 Å². The molecule has 1 rings (SSSR count). The van der Waals surface area contributed by atoms with Crippen molar-refractivity contribution in [1.29, 1.82) is 0 Å². The summed E-state index contributed by atoms with van der Waals surface area (Å²) in [6.45, 7) is 10.4. The van der Waals surface area contributed by atoms with Gasteiger partial charge in [-0.3, -0.25) is 4.90 Å². The molecule has 0 aliphatic heterocycles. The van der Waals surface area contributed by atoms with Crippen LogP contribution in [0, 0.1) is 0 Å². The molecule has 0 bridgehead atoms. The average molecular weight is 359 g/mol. The molecule has 0 saturated carbocycles. The molecule has 0 heterocycles. The second kappa shape index (κ2) is 7.96. The molecule has 5 heteroatoms. The van der Waals surface area contributed by atoms with Crippen LogP contribution in [-0.4, -0.2) is 35.1 Å². The number of hydrogen-bond donors (Lipinski definition) is 1. The molecule has 0 atom stereocenters. The minimum absolute atomic E-state index is 0.384. The van der Waals surface area contributed by atoms with Crippen molar-refractivity contribution in [2.24, 2.45) is 5.73 Å². The number of halogens is 1. The predicted octanol–water partition coefficient (Wildman–Crippen LogP) is 3.58. The van der Waals surface area contributed by atoms with Crippen LogP contribution >= 0.6 is 28.1 Å². The molecule has 3 nitrogen and oxygen atoms in total. The lowest BCUT2D eigenvalue weighted by Crippen LogP contribution is -2.39. The molecule has 0 amide bonds. The number of thiocarbonyl (C=S) groups is 1. The Morgan fingerprint density at radius 1 is 1.30 bits per heavy atom. The van der Waals surface area contributed by atoms with Gasteiger partial charge in [0.25, 0.3) is 0 Å². The van der Waals surface area contributed by atoms with E-state index >= 15 is 0 Å². The van der Waals surface area contributed by atoms with Crippen molar-refractivity contribution in [2.75, 3.05) is 13.2 Å². The lowest BCUT2D eigenvalue weighted by Gasteiger charge is -2.30. The van der Waals surface area contributed by atoms with Gasteiger partial charge in [-0.25, -0.2) is 0 Å². The summed E-state index contributed by atoms with van der Waals surface area (Å²) in [4.78, 5) is 2.78. The third-order valence-corrected chi connectivity index (χ3v) is 4.03. The van der Waals surface area contributed by atoms with Crippen molar-refractivity contribution >= 4 is 33.1 Å². The monoisotopic (exact) mass is 358 g/mol. The molecule has 0 aromatic heterocycles. The zero-order chi connectivity index (χ0) is 15.3. The van der Waals surface area contributed by atoms with E-state index < -0.39 is 0 Å². The Hall–Kier alpha value is -0.650. The van der Waals surface area contributed by atoms with Gasteiger partial charge in [-0.15, -0.1) is 0 Å². The van der Waals surface area contributed by atoms with Crippen LogP contribution in [-0.2, 0) is 0 Å². The Morgan fingerprint density at radius 3 is 2.35 bits per heavy atom. The van der Waals surface area contributed by atoms with Gasteiger partial charge in [0.15, 0.2) is 0 Å². The van der Waals surface area contributed by atoms with E-state index in [1.165, 1.54) is 0 Å². The van der Waals surface area contributed by atoms with Gasteiger partial charge in [0.05, 0.1) is 0 Å². The summed E-state index contributed by atoms with van der Waals surface area (Å²) < 4.78 is 6.66. The van der Waals surface area contributed by atoms with Crippen LogP contribution in [0.1, 0.15) is 33.3 Å². The molecule has 20 heavy (non-hydrogen) atoms. The standard InChI is InChI=1S/C15H23BrN2OS/c1-10(2)18(11(3)4)7-8-19-12-5-6-13(15(17)20)14(16)9-12/h5-6,9-11H,7-8H2,1-4H3,(H2,17,20). The number of ether oxygens (including phenoxy) is 1. The second-order valence-corrected chi connectivity index (χ2v) is 6.57. The first-order valence-electron chi connectivity index (χ1n) is 6.80. The fourth-order valence-corrected chi connectivity index (χ4v) is 3.05. The first-order valence-corrected chi connectivity index (χ1v) is 8.01. The van der Waals surface area contributed by atoms with E-state index in [1.807, 2.05) is 18.2 Å². The molecular formula is C15H23BrN2OS. The molecule has 1 aromatic rings. The van der Waals surface area contributed by atoms with Crippen molar-refractivity contribution < 1.29 is 4.74 Å². The van der Waals surface area contributed by atoms with Gasteiger partial charge in [-0.2, -0.15) is 0 Å². The minimum atomic E-state index is 0.384. The van der Waals surface area contributed by atoms with Gasteiger partial charge < -0.3 is 10.5 Å². The number of hydrogen-bond acceptors (Lipinski definition) is 3. The molecule has 112 valence electrons. The fourth-order valence-electron chi connectivity index (χ4n) is 2.17. The van der Waals surface area contributed by atoms with E-state index in [4.69, 9.17) is 22.7 Å². The highest BCUT2D eigenvalue weighted by Gasteiger charge is 2.13. The smallest absolute Gasteiger partial charge is 0.120 e. The van der Waals surface area contributed by atoms with Crippen LogP contribution in [0.25, 0.3) is 0 Å². The third kappa shape index (κ3) is 5.04. The minimum Gasteiger partial charge on any atom is -0.492 e. The van der Waals surface area contributed by atoms with Gasteiger partial charge in [0.1, 0.15) is 17.3 Å². The molecule has 0 fully saturated rings. The summed E-state index contributed by atoms with van der Waals surface area (Å²) in [6.07, 6.45) is 0. The third-order valence-electron chi connectivity index (χ3n) is 3.15. The molecule has 0 saturated heterocycles. The van der Waals surface area contributed by atoms with E-state index in [1.54, 1.807) is 0 Å². The topological polar surface area (TPSA) is 38.5 Å². The van der Waals surface area contributed by atoms with Crippen LogP contribution in [0.15, 0.2) is 22.7 Å². The highest BCUT2D eigenvalue weighted by atomic mass is 79.9. The normalized spacial score (nSPS) is 11.4. The van der Waals surface area contributed by atoms with E-state index in [9.17, 15) is 0 Å². The zero-order valence-corrected chi connectivity index (χ0v) is 14.9. The van der Waals surface area contributed by atoms with Crippen molar-refractivity contribution in [3.05, 3.63) is 28.2 Å². The maximum atomic E-state index is 5.80. The fraction of sp³-hybridized carbons (Fsp3) is 0.533. The zero-order valence-electron chi connectivity index (χ0n) is 12.5. The molecular weight excluding hydrogens is 336 g/mol. The molecule has 0 aliphatic carbocycles. The van der Waals surface area contributed by atoms with E-state index in [0.29, 0.717) is 23.7 Å².